The molecule has 0 saturated heterocycles. The van der Waals surface area contributed by atoms with Gasteiger partial charge in [-0.2, -0.15) is 0 Å². The first-order valence-electron chi connectivity index (χ1n) is 6.66. The quantitative estimate of drug-likeness (QED) is 0.653. The second kappa shape index (κ2) is 7.56. The number of aryl methyl sites for hydroxylation is 1. The van der Waals surface area contributed by atoms with Gasteiger partial charge in [0.2, 0.25) is 0 Å². The van der Waals surface area contributed by atoms with Crippen molar-refractivity contribution in [3.8, 4) is 0 Å². The minimum atomic E-state index is -0.402. The summed E-state index contributed by atoms with van der Waals surface area (Å²) in [7, 11) is 0. The van der Waals surface area contributed by atoms with Crippen LogP contribution in [0.15, 0.2) is 59.1 Å². The average Bonchev–Trinajstić information content (AvgIpc) is 2.52. The van der Waals surface area contributed by atoms with Crippen LogP contribution in [0, 0.1) is 6.92 Å². The van der Waals surface area contributed by atoms with Crippen LogP contribution < -0.4 is 10.9 Å². The molecular formula is C17H15BrN2O2. The number of halogens is 1. The van der Waals surface area contributed by atoms with E-state index in [0.717, 1.165) is 11.1 Å². The topological polar surface area (TPSA) is 58.2 Å². The molecule has 22 heavy (non-hydrogen) atoms. The van der Waals surface area contributed by atoms with E-state index in [1.54, 1.807) is 24.3 Å². The molecule has 0 aliphatic rings. The number of rotatable bonds is 3. The number of hydrogen-bond acceptors (Lipinski definition) is 2. The lowest BCUT2D eigenvalue weighted by Crippen LogP contribution is -2.40. The molecule has 0 unspecified atom stereocenters. The van der Waals surface area contributed by atoms with Crippen LogP contribution in [-0.2, 0) is 4.79 Å². The summed E-state index contributed by atoms with van der Waals surface area (Å²) in [6.07, 6.45) is 3.05. The monoisotopic (exact) mass is 358 g/mol. The van der Waals surface area contributed by atoms with Crippen molar-refractivity contribution in [3.63, 3.8) is 0 Å². The van der Waals surface area contributed by atoms with Crippen LogP contribution in [0.1, 0.15) is 21.5 Å². The molecule has 2 aromatic rings. The summed E-state index contributed by atoms with van der Waals surface area (Å²) < 4.78 is 0.664. The largest absolute Gasteiger partial charge is 0.270 e. The van der Waals surface area contributed by atoms with Crippen molar-refractivity contribution in [1.29, 1.82) is 0 Å². The molecule has 0 spiro atoms. The Morgan fingerprint density at radius 1 is 1.00 bits per heavy atom. The fourth-order valence-corrected chi connectivity index (χ4v) is 2.19. The van der Waals surface area contributed by atoms with E-state index >= 15 is 0 Å². The fraction of sp³-hybridized carbons (Fsp3) is 0.0588. The maximum Gasteiger partial charge on any atom is 0.270 e. The zero-order valence-corrected chi connectivity index (χ0v) is 13.6. The number of amides is 2. The van der Waals surface area contributed by atoms with E-state index < -0.39 is 5.91 Å². The van der Waals surface area contributed by atoms with Gasteiger partial charge in [0.05, 0.1) is 5.56 Å². The molecule has 0 heterocycles. The molecule has 112 valence electrons. The molecule has 0 bridgehead atoms. The van der Waals surface area contributed by atoms with Crippen LogP contribution in [0.25, 0.3) is 6.08 Å². The van der Waals surface area contributed by atoms with Gasteiger partial charge in [0.15, 0.2) is 0 Å². The second-order valence-electron chi connectivity index (χ2n) is 4.67. The van der Waals surface area contributed by atoms with E-state index in [0.29, 0.717) is 10.0 Å². The lowest BCUT2D eigenvalue weighted by atomic mass is 10.1. The van der Waals surface area contributed by atoms with Gasteiger partial charge in [0.25, 0.3) is 11.8 Å². The molecule has 0 radical (unpaired) electrons. The van der Waals surface area contributed by atoms with Crippen LogP contribution in [0.5, 0.6) is 0 Å². The van der Waals surface area contributed by atoms with Crippen LogP contribution in [0.3, 0.4) is 0 Å². The highest BCUT2D eigenvalue weighted by atomic mass is 79.9. The van der Waals surface area contributed by atoms with E-state index in [4.69, 9.17) is 0 Å². The van der Waals surface area contributed by atoms with E-state index in [2.05, 4.69) is 26.8 Å². The highest BCUT2D eigenvalue weighted by Gasteiger charge is 2.08. The molecule has 2 aromatic carbocycles. The maximum atomic E-state index is 11.9. The van der Waals surface area contributed by atoms with Crippen molar-refractivity contribution < 1.29 is 9.59 Å². The lowest BCUT2D eigenvalue weighted by Gasteiger charge is -2.06. The van der Waals surface area contributed by atoms with Gasteiger partial charge in [0, 0.05) is 10.5 Å². The Hall–Kier alpha value is -2.40. The smallest absolute Gasteiger partial charge is 0.268 e. The van der Waals surface area contributed by atoms with Crippen LogP contribution in [-0.4, -0.2) is 11.8 Å². The Morgan fingerprint density at radius 3 is 2.36 bits per heavy atom. The van der Waals surface area contributed by atoms with E-state index in [1.807, 2.05) is 37.3 Å². The van der Waals surface area contributed by atoms with Gasteiger partial charge in [-0.3, -0.25) is 20.4 Å². The van der Waals surface area contributed by atoms with Crippen molar-refractivity contribution in [2.75, 3.05) is 0 Å². The molecule has 0 aliphatic carbocycles. The molecule has 2 rings (SSSR count). The number of nitrogens with one attached hydrogen (secondary N) is 2. The molecule has 0 fully saturated rings. The summed E-state index contributed by atoms with van der Waals surface area (Å²) in [5.41, 5.74) is 7.23. The van der Waals surface area contributed by atoms with Gasteiger partial charge in [-0.25, -0.2) is 0 Å². The molecule has 5 heteroatoms. The van der Waals surface area contributed by atoms with Gasteiger partial charge in [-0.1, -0.05) is 42.0 Å². The van der Waals surface area contributed by atoms with Gasteiger partial charge >= 0.3 is 0 Å². The fourth-order valence-electron chi connectivity index (χ4n) is 1.72. The standard InChI is InChI=1S/C17H15BrN2O2/c1-12-6-8-13(9-7-12)10-11-16(21)19-20-17(22)14-4-2-3-5-15(14)18/h2-11H,1H3,(H,19,21)(H,20,22). The van der Waals surface area contributed by atoms with Gasteiger partial charge in [0.1, 0.15) is 0 Å². The number of hydrogen-bond donors (Lipinski definition) is 2. The molecule has 2 N–H and O–H groups in total. The van der Waals surface area contributed by atoms with Gasteiger partial charge in [-0.15, -0.1) is 0 Å². The third-order valence-corrected chi connectivity index (χ3v) is 3.61. The van der Waals surface area contributed by atoms with Crippen molar-refractivity contribution in [2.24, 2.45) is 0 Å². The third kappa shape index (κ3) is 4.56. The maximum absolute atomic E-state index is 11.9. The normalized spacial score (nSPS) is 10.5. The molecule has 4 nitrogen and oxygen atoms in total. The van der Waals surface area contributed by atoms with Crippen molar-refractivity contribution >= 4 is 33.8 Å². The van der Waals surface area contributed by atoms with E-state index in [1.165, 1.54) is 6.08 Å². The first-order valence-corrected chi connectivity index (χ1v) is 7.45. The third-order valence-electron chi connectivity index (χ3n) is 2.92. The minimum Gasteiger partial charge on any atom is -0.268 e. The number of carbonyl (C=O) groups is 2. The number of benzene rings is 2. The summed E-state index contributed by atoms with van der Waals surface area (Å²) in [5, 5.41) is 0. The van der Waals surface area contributed by atoms with Crippen molar-refractivity contribution in [1.82, 2.24) is 10.9 Å². The lowest BCUT2D eigenvalue weighted by molar-refractivity contribution is -0.117. The van der Waals surface area contributed by atoms with Crippen LogP contribution in [0.4, 0.5) is 0 Å². The highest BCUT2D eigenvalue weighted by molar-refractivity contribution is 9.10. The van der Waals surface area contributed by atoms with Crippen LogP contribution in [0.2, 0.25) is 0 Å². The zero-order chi connectivity index (χ0) is 15.9. The second-order valence-corrected chi connectivity index (χ2v) is 5.52. The Morgan fingerprint density at radius 2 is 1.68 bits per heavy atom. The first kappa shape index (κ1) is 16.0. The summed E-state index contributed by atoms with van der Waals surface area (Å²) in [5.74, 6) is -0.787. The van der Waals surface area contributed by atoms with E-state index in [9.17, 15) is 9.59 Å². The van der Waals surface area contributed by atoms with Crippen LogP contribution >= 0.6 is 15.9 Å². The zero-order valence-electron chi connectivity index (χ0n) is 12.0. The summed E-state index contributed by atoms with van der Waals surface area (Å²) in [6, 6.07) is 14.7. The average molecular weight is 359 g/mol. The summed E-state index contributed by atoms with van der Waals surface area (Å²) in [4.78, 5) is 23.6. The Labute approximate surface area is 137 Å². The Balaban J connectivity index is 1.89. The van der Waals surface area contributed by atoms with Gasteiger partial charge < -0.3 is 0 Å². The molecule has 0 atom stereocenters. The molecule has 0 aromatic heterocycles. The van der Waals surface area contributed by atoms with E-state index in [-0.39, 0.29) is 5.91 Å². The van der Waals surface area contributed by atoms with Gasteiger partial charge in [-0.05, 0) is 46.6 Å². The highest BCUT2D eigenvalue weighted by Crippen LogP contribution is 2.15. The first-order chi connectivity index (χ1) is 10.6. The number of hydrazine groups is 1. The molecule has 0 saturated carbocycles. The predicted octanol–water partition coefficient (Wildman–Crippen LogP) is 3.23. The molecule has 0 aliphatic heterocycles. The molecular weight excluding hydrogens is 344 g/mol. The Bertz CT molecular complexity index is 709. The minimum absolute atomic E-state index is 0.385. The summed E-state index contributed by atoms with van der Waals surface area (Å²) >= 11 is 3.28. The predicted molar refractivity (Wildman–Crippen MR) is 90.0 cm³/mol. The molecule has 2 amide bonds. The number of carbonyl (C=O) groups excluding carboxylic acids is 2. The Kier molecular flexibility index (Phi) is 5.49. The van der Waals surface area contributed by atoms with Crippen molar-refractivity contribution in [2.45, 2.75) is 6.92 Å². The summed E-state index contributed by atoms with van der Waals surface area (Å²) in [6.45, 7) is 2.00. The SMILES string of the molecule is Cc1ccc(C=CC(=O)NNC(=O)c2ccccc2Br)cc1. The van der Waals surface area contributed by atoms with Crippen molar-refractivity contribution in [3.05, 3.63) is 75.8 Å².